The second kappa shape index (κ2) is 6.71. The first-order chi connectivity index (χ1) is 10.1. The fraction of sp³-hybridized carbons (Fsp3) is 0.200. The predicted molar refractivity (Wildman–Crippen MR) is 80.8 cm³/mol. The smallest absolute Gasteiger partial charge is 0.272 e. The zero-order valence-electron chi connectivity index (χ0n) is 12.0. The number of nitrogen functional groups attached to an aromatic ring is 1. The summed E-state index contributed by atoms with van der Waals surface area (Å²) in [6, 6.07) is 12.7. The number of hydrogen-bond acceptors (Lipinski definition) is 5. The minimum atomic E-state index is -0.171. The average Bonchev–Trinajstić information content (AvgIpc) is 2.54. The minimum Gasteiger partial charge on any atom is -0.497 e. The Morgan fingerprint density at radius 1 is 1.33 bits per heavy atom. The van der Waals surface area contributed by atoms with Crippen LogP contribution in [0.4, 0.5) is 5.82 Å². The summed E-state index contributed by atoms with van der Waals surface area (Å²) in [6.45, 7) is 0.470. The van der Waals surface area contributed by atoms with Crippen LogP contribution in [0.3, 0.4) is 0 Å². The molecule has 6 heteroatoms. The lowest BCUT2D eigenvalue weighted by Gasteiger charge is -2.17. The molecular formula is C15H18N4O2. The van der Waals surface area contributed by atoms with Crippen molar-refractivity contribution in [3.63, 3.8) is 0 Å². The number of anilines is 1. The number of nitrogens with zero attached hydrogens (tertiary/aromatic N) is 2. The molecule has 0 atom stereocenters. The van der Waals surface area contributed by atoms with Crippen LogP contribution in [0.25, 0.3) is 0 Å². The monoisotopic (exact) mass is 286 g/mol. The van der Waals surface area contributed by atoms with E-state index in [0.29, 0.717) is 18.1 Å². The number of benzene rings is 1. The Kier molecular flexibility index (Phi) is 4.73. The van der Waals surface area contributed by atoms with E-state index < -0.39 is 0 Å². The van der Waals surface area contributed by atoms with E-state index in [2.05, 4.69) is 10.4 Å². The fourth-order valence-electron chi connectivity index (χ4n) is 1.95. The molecule has 3 N–H and O–H groups in total. The Balaban J connectivity index is 2.11. The lowest BCUT2D eigenvalue weighted by atomic mass is 10.2. The number of methoxy groups -OCH3 is 1. The number of pyridine rings is 1. The highest BCUT2D eigenvalue weighted by molar-refractivity contribution is 5.92. The quantitative estimate of drug-likeness (QED) is 0.645. The van der Waals surface area contributed by atoms with Crippen LogP contribution >= 0.6 is 0 Å². The molecule has 0 radical (unpaired) electrons. The van der Waals surface area contributed by atoms with Crippen LogP contribution < -0.4 is 16.0 Å². The third kappa shape index (κ3) is 3.70. The van der Waals surface area contributed by atoms with E-state index in [4.69, 9.17) is 10.6 Å². The van der Waals surface area contributed by atoms with E-state index in [-0.39, 0.29) is 5.91 Å². The van der Waals surface area contributed by atoms with Crippen molar-refractivity contribution in [2.24, 2.45) is 5.84 Å². The van der Waals surface area contributed by atoms with Gasteiger partial charge in [0.2, 0.25) is 0 Å². The zero-order chi connectivity index (χ0) is 15.2. The van der Waals surface area contributed by atoms with E-state index >= 15 is 0 Å². The van der Waals surface area contributed by atoms with Crippen molar-refractivity contribution in [1.82, 2.24) is 9.88 Å². The van der Waals surface area contributed by atoms with Crippen molar-refractivity contribution in [1.29, 1.82) is 0 Å². The molecule has 0 unspecified atom stereocenters. The highest BCUT2D eigenvalue weighted by Crippen LogP contribution is 2.15. The topological polar surface area (TPSA) is 80.5 Å². The Morgan fingerprint density at radius 2 is 2.10 bits per heavy atom. The molecule has 0 aliphatic heterocycles. The summed E-state index contributed by atoms with van der Waals surface area (Å²) >= 11 is 0. The van der Waals surface area contributed by atoms with Crippen molar-refractivity contribution in [2.75, 3.05) is 19.6 Å². The number of hydrogen-bond donors (Lipinski definition) is 2. The maximum atomic E-state index is 12.3. The molecule has 0 bridgehead atoms. The molecule has 6 nitrogen and oxygen atoms in total. The van der Waals surface area contributed by atoms with E-state index in [1.807, 2.05) is 24.3 Å². The van der Waals surface area contributed by atoms with Gasteiger partial charge in [0, 0.05) is 13.6 Å². The summed E-state index contributed by atoms with van der Waals surface area (Å²) in [4.78, 5) is 18.1. The molecule has 1 heterocycles. The predicted octanol–water partition coefficient (Wildman–Crippen LogP) is 1.65. The lowest BCUT2D eigenvalue weighted by molar-refractivity contribution is 0.0779. The molecule has 2 aromatic rings. The summed E-state index contributed by atoms with van der Waals surface area (Å²) in [6.07, 6.45) is 0. The van der Waals surface area contributed by atoms with Crippen LogP contribution in [0.15, 0.2) is 42.5 Å². The Bertz CT molecular complexity index is 631. The van der Waals surface area contributed by atoms with Gasteiger partial charge in [0.1, 0.15) is 17.3 Å². The highest BCUT2D eigenvalue weighted by Gasteiger charge is 2.14. The first-order valence-corrected chi connectivity index (χ1v) is 6.46. The maximum absolute atomic E-state index is 12.3. The van der Waals surface area contributed by atoms with E-state index in [0.717, 1.165) is 11.3 Å². The summed E-state index contributed by atoms with van der Waals surface area (Å²) in [5, 5.41) is 0. The van der Waals surface area contributed by atoms with Crippen LogP contribution in [0.1, 0.15) is 16.1 Å². The number of aromatic nitrogens is 1. The number of amides is 1. The van der Waals surface area contributed by atoms with Crippen molar-refractivity contribution in [3.8, 4) is 5.75 Å². The maximum Gasteiger partial charge on any atom is 0.272 e. The van der Waals surface area contributed by atoms with Crippen molar-refractivity contribution in [2.45, 2.75) is 6.54 Å². The minimum absolute atomic E-state index is 0.171. The molecule has 0 saturated heterocycles. The highest BCUT2D eigenvalue weighted by atomic mass is 16.5. The van der Waals surface area contributed by atoms with Crippen LogP contribution in [0.5, 0.6) is 5.75 Å². The summed E-state index contributed by atoms with van der Waals surface area (Å²) in [7, 11) is 3.34. The summed E-state index contributed by atoms with van der Waals surface area (Å²) in [5.74, 6) is 6.35. The number of nitrogens with one attached hydrogen (secondary N) is 1. The van der Waals surface area contributed by atoms with Gasteiger partial charge in [-0.2, -0.15) is 0 Å². The van der Waals surface area contributed by atoms with Crippen molar-refractivity contribution < 1.29 is 9.53 Å². The van der Waals surface area contributed by atoms with Gasteiger partial charge in [0.05, 0.1) is 7.11 Å². The third-order valence-electron chi connectivity index (χ3n) is 3.02. The summed E-state index contributed by atoms with van der Waals surface area (Å²) < 4.78 is 5.17. The van der Waals surface area contributed by atoms with E-state index in [1.165, 1.54) is 0 Å². The number of nitrogens with two attached hydrogens (primary N) is 1. The second-order valence-corrected chi connectivity index (χ2v) is 4.57. The molecule has 21 heavy (non-hydrogen) atoms. The van der Waals surface area contributed by atoms with Gasteiger partial charge in [-0.1, -0.05) is 18.2 Å². The third-order valence-corrected chi connectivity index (χ3v) is 3.02. The first-order valence-electron chi connectivity index (χ1n) is 6.46. The Hall–Kier alpha value is -2.60. The van der Waals surface area contributed by atoms with E-state index in [9.17, 15) is 4.79 Å². The van der Waals surface area contributed by atoms with Gasteiger partial charge >= 0.3 is 0 Å². The fourth-order valence-corrected chi connectivity index (χ4v) is 1.95. The first kappa shape index (κ1) is 14.8. The SMILES string of the molecule is COc1cccc(CN(C)C(=O)c2cccc(NN)n2)c1. The normalized spacial score (nSPS) is 10.0. The van der Waals surface area contributed by atoms with Gasteiger partial charge in [-0.25, -0.2) is 10.8 Å². The number of carbonyl (C=O) groups excluding carboxylic acids is 1. The molecule has 2 rings (SSSR count). The molecule has 1 aromatic heterocycles. The Labute approximate surface area is 123 Å². The van der Waals surface area contributed by atoms with Crippen LogP contribution in [0.2, 0.25) is 0 Å². The average molecular weight is 286 g/mol. The lowest BCUT2D eigenvalue weighted by Crippen LogP contribution is -2.27. The molecular weight excluding hydrogens is 268 g/mol. The van der Waals surface area contributed by atoms with Gasteiger partial charge < -0.3 is 15.1 Å². The number of ether oxygens (including phenoxy) is 1. The van der Waals surface area contributed by atoms with Crippen LogP contribution in [0, 0.1) is 0 Å². The largest absolute Gasteiger partial charge is 0.497 e. The van der Waals surface area contributed by atoms with E-state index in [1.54, 1.807) is 37.3 Å². The molecule has 0 aliphatic rings. The van der Waals surface area contributed by atoms with Crippen molar-refractivity contribution >= 4 is 11.7 Å². The van der Waals surface area contributed by atoms with Crippen LogP contribution in [-0.4, -0.2) is 29.9 Å². The number of hydrazine groups is 1. The van der Waals surface area contributed by atoms with Gasteiger partial charge in [-0.05, 0) is 29.8 Å². The van der Waals surface area contributed by atoms with Gasteiger partial charge in [0.25, 0.3) is 5.91 Å². The number of rotatable bonds is 5. The number of carbonyl (C=O) groups is 1. The zero-order valence-corrected chi connectivity index (χ0v) is 12.0. The molecule has 0 saturated carbocycles. The Morgan fingerprint density at radius 3 is 2.81 bits per heavy atom. The molecule has 1 aromatic carbocycles. The second-order valence-electron chi connectivity index (χ2n) is 4.57. The summed E-state index contributed by atoms with van der Waals surface area (Å²) in [5.41, 5.74) is 3.76. The van der Waals surface area contributed by atoms with Gasteiger partial charge in [-0.3, -0.25) is 4.79 Å². The van der Waals surface area contributed by atoms with Gasteiger partial charge in [0.15, 0.2) is 0 Å². The molecule has 1 amide bonds. The molecule has 0 fully saturated rings. The van der Waals surface area contributed by atoms with Crippen LogP contribution in [-0.2, 0) is 6.54 Å². The molecule has 110 valence electrons. The van der Waals surface area contributed by atoms with Crippen molar-refractivity contribution in [3.05, 3.63) is 53.7 Å². The molecule has 0 spiro atoms. The van der Waals surface area contributed by atoms with Gasteiger partial charge in [-0.15, -0.1) is 0 Å². The standard InChI is InChI=1S/C15H18N4O2/c1-19(10-11-5-3-6-12(9-11)21-2)15(20)13-7-4-8-14(17-13)18-16/h3-9H,10,16H2,1-2H3,(H,17,18). The molecule has 0 aliphatic carbocycles.